The Morgan fingerprint density at radius 2 is 2.27 bits per heavy atom. The second kappa shape index (κ2) is 2.09. The van der Waals surface area contributed by atoms with E-state index in [-0.39, 0.29) is 0 Å². The molecule has 0 atom stereocenters. The van der Waals surface area contributed by atoms with Crippen LogP contribution < -0.4 is 5.73 Å². The number of benzene rings is 1. The molecular formula is C9H10N2. The third kappa shape index (κ3) is 1.00. The first-order valence-electron chi connectivity index (χ1n) is 3.68. The van der Waals surface area contributed by atoms with Crippen molar-refractivity contribution in [3.05, 3.63) is 29.3 Å². The Bertz CT molecular complexity index is 326. The molecule has 11 heavy (non-hydrogen) atoms. The maximum Gasteiger partial charge on any atom is 0.104 e. The first-order valence-corrected chi connectivity index (χ1v) is 3.68. The SMILES string of the molecule is Cc1ccc2c(c1)N=C(N)C2. The molecule has 1 aromatic carbocycles. The highest BCUT2D eigenvalue weighted by Gasteiger charge is 2.10. The van der Waals surface area contributed by atoms with E-state index in [4.69, 9.17) is 5.73 Å². The fraction of sp³-hybridized carbons (Fsp3) is 0.222. The molecule has 1 aliphatic rings. The molecule has 1 aromatic rings. The lowest BCUT2D eigenvalue weighted by Crippen LogP contribution is -2.09. The lowest BCUT2D eigenvalue weighted by molar-refractivity contribution is 1.35. The van der Waals surface area contributed by atoms with Crippen molar-refractivity contribution in [2.24, 2.45) is 10.7 Å². The van der Waals surface area contributed by atoms with Crippen LogP contribution in [0.15, 0.2) is 23.2 Å². The highest BCUT2D eigenvalue weighted by molar-refractivity contribution is 5.90. The molecule has 0 unspecified atom stereocenters. The Hall–Kier alpha value is -1.31. The van der Waals surface area contributed by atoms with E-state index in [1.807, 2.05) is 0 Å². The highest BCUT2D eigenvalue weighted by Crippen LogP contribution is 2.25. The van der Waals surface area contributed by atoms with Gasteiger partial charge in [-0.1, -0.05) is 12.1 Å². The standard InChI is InChI=1S/C9H10N2/c1-6-2-3-7-5-9(10)11-8(7)4-6/h2-4H,5H2,1H3,(H2,10,11). The minimum Gasteiger partial charge on any atom is -0.387 e. The highest BCUT2D eigenvalue weighted by atomic mass is 14.9. The summed E-state index contributed by atoms with van der Waals surface area (Å²) in [5, 5.41) is 0. The average Bonchev–Trinajstić information content (AvgIpc) is 2.27. The van der Waals surface area contributed by atoms with Gasteiger partial charge in [0.25, 0.3) is 0 Å². The zero-order chi connectivity index (χ0) is 7.84. The third-order valence-electron chi connectivity index (χ3n) is 1.88. The van der Waals surface area contributed by atoms with Crippen LogP contribution in [0.2, 0.25) is 0 Å². The van der Waals surface area contributed by atoms with Gasteiger partial charge in [-0.2, -0.15) is 0 Å². The number of amidine groups is 1. The maximum atomic E-state index is 5.59. The quantitative estimate of drug-likeness (QED) is 0.592. The smallest absolute Gasteiger partial charge is 0.104 e. The van der Waals surface area contributed by atoms with E-state index in [0.29, 0.717) is 0 Å². The Morgan fingerprint density at radius 1 is 1.45 bits per heavy atom. The summed E-state index contributed by atoms with van der Waals surface area (Å²) >= 11 is 0. The Morgan fingerprint density at radius 3 is 3.09 bits per heavy atom. The molecule has 0 saturated carbocycles. The van der Waals surface area contributed by atoms with E-state index in [1.165, 1.54) is 11.1 Å². The molecule has 1 heterocycles. The van der Waals surface area contributed by atoms with Crippen molar-refractivity contribution in [2.45, 2.75) is 13.3 Å². The summed E-state index contributed by atoms with van der Waals surface area (Å²) in [6.45, 7) is 2.06. The molecule has 2 heteroatoms. The van der Waals surface area contributed by atoms with Crippen LogP contribution in [0.5, 0.6) is 0 Å². The number of hydrogen-bond acceptors (Lipinski definition) is 2. The van der Waals surface area contributed by atoms with Crippen molar-refractivity contribution < 1.29 is 0 Å². The predicted octanol–water partition coefficient (Wildman–Crippen LogP) is 1.54. The number of aryl methyl sites for hydroxylation is 1. The van der Waals surface area contributed by atoms with E-state index in [1.54, 1.807) is 0 Å². The second-order valence-corrected chi connectivity index (χ2v) is 2.91. The van der Waals surface area contributed by atoms with Crippen LogP contribution in [0.3, 0.4) is 0 Å². The van der Waals surface area contributed by atoms with Crippen molar-refractivity contribution in [3.8, 4) is 0 Å². The van der Waals surface area contributed by atoms with Gasteiger partial charge in [0.15, 0.2) is 0 Å². The van der Waals surface area contributed by atoms with E-state index in [0.717, 1.165) is 17.9 Å². The summed E-state index contributed by atoms with van der Waals surface area (Å²) in [6, 6.07) is 6.25. The van der Waals surface area contributed by atoms with Gasteiger partial charge in [0.2, 0.25) is 0 Å². The summed E-state index contributed by atoms with van der Waals surface area (Å²) < 4.78 is 0. The van der Waals surface area contributed by atoms with Gasteiger partial charge in [0.05, 0.1) is 5.69 Å². The summed E-state index contributed by atoms with van der Waals surface area (Å²) in [6.07, 6.45) is 0.815. The first-order chi connectivity index (χ1) is 5.25. The fourth-order valence-electron chi connectivity index (χ4n) is 1.32. The summed E-state index contributed by atoms with van der Waals surface area (Å²) in [7, 11) is 0. The van der Waals surface area contributed by atoms with Crippen LogP contribution in [0.4, 0.5) is 5.69 Å². The van der Waals surface area contributed by atoms with Gasteiger partial charge >= 0.3 is 0 Å². The lowest BCUT2D eigenvalue weighted by atomic mass is 10.1. The third-order valence-corrected chi connectivity index (χ3v) is 1.88. The summed E-state index contributed by atoms with van der Waals surface area (Å²) in [5.74, 6) is 0.727. The number of nitrogens with zero attached hydrogens (tertiary/aromatic N) is 1. The molecule has 0 bridgehead atoms. The van der Waals surface area contributed by atoms with E-state index >= 15 is 0 Å². The van der Waals surface area contributed by atoms with Crippen molar-refractivity contribution in [1.29, 1.82) is 0 Å². The minimum absolute atomic E-state index is 0.727. The van der Waals surface area contributed by atoms with Gasteiger partial charge in [-0.25, -0.2) is 4.99 Å². The molecule has 0 amide bonds. The molecule has 56 valence electrons. The van der Waals surface area contributed by atoms with Crippen molar-refractivity contribution in [2.75, 3.05) is 0 Å². The van der Waals surface area contributed by atoms with Crippen LogP contribution in [0.25, 0.3) is 0 Å². The van der Waals surface area contributed by atoms with Crippen LogP contribution >= 0.6 is 0 Å². The number of rotatable bonds is 0. The van der Waals surface area contributed by atoms with Crippen LogP contribution in [-0.2, 0) is 6.42 Å². The molecule has 1 aliphatic heterocycles. The Labute approximate surface area is 65.8 Å². The van der Waals surface area contributed by atoms with E-state index in [9.17, 15) is 0 Å². The Balaban J connectivity index is 2.54. The minimum atomic E-state index is 0.727. The van der Waals surface area contributed by atoms with E-state index in [2.05, 4.69) is 30.1 Å². The molecule has 0 aliphatic carbocycles. The molecule has 2 rings (SSSR count). The lowest BCUT2D eigenvalue weighted by Gasteiger charge is -1.96. The van der Waals surface area contributed by atoms with Gasteiger partial charge in [0, 0.05) is 6.42 Å². The molecular weight excluding hydrogens is 136 g/mol. The second-order valence-electron chi connectivity index (χ2n) is 2.91. The molecule has 0 aromatic heterocycles. The largest absolute Gasteiger partial charge is 0.387 e. The zero-order valence-electron chi connectivity index (χ0n) is 6.46. The van der Waals surface area contributed by atoms with Crippen molar-refractivity contribution >= 4 is 11.5 Å². The van der Waals surface area contributed by atoms with Crippen molar-refractivity contribution in [1.82, 2.24) is 0 Å². The zero-order valence-corrected chi connectivity index (χ0v) is 6.46. The predicted molar refractivity (Wildman–Crippen MR) is 46.2 cm³/mol. The molecule has 0 spiro atoms. The average molecular weight is 146 g/mol. The Kier molecular flexibility index (Phi) is 1.22. The summed E-state index contributed by atoms with van der Waals surface area (Å²) in [5.41, 5.74) is 9.11. The van der Waals surface area contributed by atoms with Gasteiger partial charge < -0.3 is 5.73 Å². The summed E-state index contributed by atoms with van der Waals surface area (Å²) in [4.78, 5) is 4.21. The van der Waals surface area contributed by atoms with Crippen molar-refractivity contribution in [3.63, 3.8) is 0 Å². The molecule has 0 saturated heterocycles. The van der Waals surface area contributed by atoms with Gasteiger partial charge in [0.1, 0.15) is 5.84 Å². The molecule has 2 nitrogen and oxygen atoms in total. The van der Waals surface area contributed by atoms with Gasteiger partial charge in [-0.05, 0) is 24.1 Å². The first kappa shape index (κ1) is 6.40. The fourth-order valence-corrected chi connectivity index (χ4v) is 1.32. The van der Waals surface area contributed by atoms with Gasteiger partial charge in [-0.3, -0.25) is 0 Å². The number of aliphatic imine (C=N–C) groups is 1. The monoisotopic (exact) mass is 146 g/mol. The van der Waals surface area contributed by atoms with Gasteiger partial charge in [-0.15, -0.1) is 0 Å². The molecule has 2 N–H and O–H groups in total. The van der Waals surface area contributed by atoms with Crippen LogP contribution in [0, 0.1) is 6.92 Å². The number of hydrogen-bond donors (Lipinski definition) is 1. The topological polar surface area (TPSA) is 38.4 Å². The molecule has 0 radical (unpaired) electrons. The van der Waals surface area contributed by atoms with Crippen LogP contribution in [0.1, 0.15) is 11.1 Å². The maximum absolute atomic E-state index is 5.59. The van der Waals surface area contributed by atoms with E-state index < -0.39 is 0 Å². The normalized spacial score (nSPS) is 14.5. The number of nitrogens with two attached hydrogens (primary N) is 1. The molecule has 0 fully saturated rings. The van der Waals surface area contributed by atoms with Crippen LogP contribution in [-0.4, -0.2) is 5.84 Å². The number of fused-ring (bicyclic) bond motifs is 1.